The van der Waals surface area contributed by atoms with Gasteiger partial charge in [0.2, 0.25) is 5.91 Å². The summed E-state index contributed by atoms with van der Waals surface area (Å²) >= 11 is 0. The van der Waals surface area contributed by atoms with Gasteiger partial charge < -0.3 is 4.90 Å². The maximum absolute atomic E-state index is 11.3. The van der Waals surface area contributed by atoms with Crippen LogP contribution >= 0.6 is 0 Å². The fourth-order valence-corrected chi connectivity index (χ4v) is 1.47. The SMILES string of the molecule is C/C=C(\C)CCCN(CCCC)C(C)=O. The molecule has 0 saturated heterocycles. The van der Waals surface area contributed by atoms with Gasteiger partial charge in [-0.3, -0.25) is 4.79 Å². The van der Waals surface area contributed by atoms with E-state index >= 15 is 0 Å². The number of carbonyl (C=O) groups is 1. The molecule has 15 heavy (non-hydrogen) atoms. The van der Waals surface area contributed by atoms with Crippen LogP contribution in [0.5, 0.6) is 0 Å². The Kier molecular flexibility index (Phi) is 8.06. The van der Waals surface area contributed by atoms with Gasteiger partial charge >= 0.3 is 0 Å². The number of rotatable bonds is 7. The molecule has 88 valence electrons. The van der Waals surface area contributed by atoms with Gasteiger partial charge in [-0.1, -0.05) is 25.0 Å². The van der Waals surface area contributed by atoms with Crippen LogP contribution in [-0.4, -0.2) is 23.9 Å². The molecule has 2 nitrogen and oxygen atoms in total. The lowest BCUT2D eigenvalue weighted by Gasteiger charge is -2.20. The molecular formula is C13H25NO. The third-order valence-corrected chi connectivity index (χ3v) is 2.72. The second-order valence-corrected chi connectivity index (χ2v) is 4.10. The molecule has 0 aromatic heterocycles. The number of carbonyl (C=O) groups excluding carboxylic acids is 1. The van der Waals surface area contributed by atoms with Gasteiger partial charge in [-0.15, -0.1) is 0 Å². The van der Waals surface area contributed by atoms with Crippen LogP contribution in [0.3, 0.4) is 0 Å². The highest BCUT2D eigenvalue weighted by Crippen LogP contribution is 2.05. The molecule has 0 atom stereocenters. The predicted octanol–water partition coefficient (Wildman–Crippen LogP) is 3.38. The predicted molar refractivity (Wildman–Crippen MR) is 65.8 cm³/mol. The van der Waals surface area contributed by atoms with Crippen molar-refractivity contribution in [3.63, 3.8) is 0 Å². The lowest BCUT2D eigenvalue weighted by Crippen LogP contribution is -2.30. The van der Waals surface area contributed by atoms with E-state index in [-0.39, 0.29) is 5.91 Å². The van der Waals surface area contributed by atoms with Crippen LogP contribution in [0.2, 0.25) is 0 Å². The lowest BCUT2D eigenvalue weighted by molar-refractivity contribution is -0.129. The molecule has 0 spiro atoms. The maximum Gasteiger partial charge on any atom is 0.219 e. The van der Waals surface area contributed by atoms with Crippen LogP contribution < -0.4 is 0 Å². The highest BCUT2D eigenvalue weighted by molar-refractivity contribution is 5.73. The Morgan fingerprint density at radius 2 is 1.80 bits per heavy atom. The summed E-state index contributed by atoms with van der Waals surface area (Å²) in [7, 11) is 0. The number of hydrogen-bond acceptors (Lipinski definition) is 1. The van der Waals surface area contributed by atoms with Crippen molar-refractivity contribution in [2.75, 3.05) is 13.1 Å². The summed E-state index contributed by atoms with van der Waals surface area (Å²) in [6, 6.07) is 0. The molecule has 0 bridgehead atoms. The Morgan fingerprint density at radius 3 is 2.27 bits per heavy atom. The molecule has 0 aliphatic carbocycles. The first-order chi connectivity index (χ1) is 7.11. The van der Waals surface area contributed by atoms with E-state index in [1.165, 1.54) is 5.57 Å². The normalized spacial score (nSPS) is 11.6. The third-order valence-electron chi connectivity index (χ3n) is 2.72. The van der Waals surface area contributed by atoms with Gasteiger partial charge in [0.15, 0.2) is 0 Å². The van der Waals surface area contributed by atoms with Crippen LogP contribution in [0.25, 0.3) is 0 Å². The van der Waals surface area contributed by atoms with Crippen molar-refractivity contribution in [2.45, 2.75) is 53.4 Å². The Balaban J connectivity index is 3.81. The van der Waals surface area contributed by atoms with E-state index in [1.807, 2.05) is 4.90 Å². The van der Waals surface area contributed by atoms with E-state index in [1.54, 1.807) is 6.92 Å². The third kappa shape index (κ3) is 7.18. The van der Waals surface area contributed by atoms with Crippen molar-refractivity contribution in [1.82, 2.24) is 4.90 Å². The summed E-state index contributed by atoms with van der Waals surface area (Å²) in [5.41, 5.74) is 1.41. The Hall–Kier alpha value is -0.790. The molecule has 0 aromatic carbocycles. The molecule has 0 heterocycles. The van der Waals surface area contributed by atoms with Gasteiger partial charge in [-0.25, -0.2) is 0 Å². The van der Waals surface area contributed by atoms with Gasteiger partial charge in [0.1, 0.15) is 0 Å². The molecule has 0 rings (SSSR count). The van der Waals surface area contributed by atoms with Crippen molar-refractivity contribution < 1.29 is 4.79 Å². The van der Waals surface area contributed by atoms with Gasteiger partial charge in [0.25, 0.3) is 0 Å². The summed E-state index contributed by atoms with van der Waals surface area (Å²) in [6.45, 7) is 9.85. The zero-order chi connectivity index (χ0) is 11.7. The lowest BCUT2D eigenvalue weighted by atomic mass is 10.1. The first-order valence-corrected chi connectivity index (χ1v) is 5.99. The molecule has 0 N–H and O–H groups in total. The van der Waals surface area contributed by atoms with Crippen molar-refractivity contribution in [1.29, 1.82) is 0 Å². The number of amides is 1. The minimum Gasteiger partial charge on any atom is -0.343 e. The van der Waals surface area contributed by atoms with E-state index < -0.39 is 0 Å². The Morgan fingerprint density at radius 1 is 1.20 bits per heavy atom. The average molecular weight is 211 g/mol. The van der Waals surface area contributed by atoms with Crippen molar-refractivity contribution in [3.05, 3.63) is 11.6 Å². The largest absolute Gasteiger partial charge is 0.343 e. The van der Waals surface area contributed by atoms with Gasteiger partial charge in [-0.2, -0.15) is 0 Å². The number of nitrogens with zero attached hydrogens (tertiary/aromatic N) is 1. The Labute approximate surface area is 94.4 Å². The second kappa shape index (κ2) is 8.51. The number of unbranched alkanes of at least 4 members (excludes halogenated alkanes) is 1. The number of hydrogen-bond donors (Lipinski definition) is 0. The quantitative estimate of drug-likeness (QED) is 0.591. The highest BCUT2D eigenvalue weighted by atomic mass is 16.2. The van der Waals surface area contributed by atoms with Crippen LogP contribution in [-0.2, 0) is 4.79 Å². The minimum absolute atomic E-state index is 0.210. The summed E-state index contributed by atoms with van der Waals surface area (Å²) in [5.74, 6) is 0.210. The molecule has 2 heteroatoms. The summed E-state index contributed by atoms with van der Waals surface area (Å²) in [5, 5.41) is 0. The van der Waals surface area contributed by atoms with Gasteiger partial charge in [-0.05, 0) is 33.1 Å². The molecule has 0 fully saturated rings. The molecule has 0 aromatic rings. The molecule has 0 radical (unpaired) electrons. The van der Waals surface area contributed by atoms with Crippen molar-refractivity contribution >= 4 is 5.91 Å². The molecule has 1 amide bonds. The van der Waals surface area contributed by atoms with Crippen molar-refractivity contribution in [2.24, 2.45) is 0 Å². The summed E-state index contributed by atoms with van der Waals surface area (Å²) in [6.07, 6.45) is 6.59. The zero-order valence-electron chi connectivity index (χ0n) is 10.7. The minimum atomic E-state index is 0.210. The van der Waals surface area contributed by atoms with Gasteiger partial charge in [0, 0.05) is 20.0 Å². The monoisotopic (exact) mass is 211 g/mol. The van der Waals surface area contributed by atoms with Crippen LogP contribution in [0.4, 0.5) is 0 Å². The molecule has 0 aliphatic rings. The molecule has 0 saturated carbocycles. The molecular weight excluding hydrogens is 186 g/mol. The van der Waals surface area contributed by atoms with Gasteiger partial charge in [0.05, 0.1) is 0 Å². The van der Waals surface area contributed by atoms with E-state index in [9.17, 15) is 4.79 Å². The van der Waals surface area contributed by atoms with Crippen LogP contribution in [0.1, 0.15) is 53.4 Å². The second-order valence-electron chi connectivity index (χ2n) is 4.10. The first kappa shape index (κ1) is 14.2. The highest BCUT2D eigenvalue weighted by Gasteiger charge is 2.06. The smallest absolute Gasteiger partial charge is 0.219 e. The Bertz CT molecular complexity index is 209. The molecule has 0 unspecified atom stereocenters. The van der Waals surface area contributed by atoms with Crippen molar-refractivity contribution in [3.8, 4) is 0 Å². The maximum atomic E-state index is 11.3. The van der Waals surface area contributed by atoms with E-state index in [4.69, 9.17) is 0 Å². The fraction of sp³-hybridized carbons (Fsp3) is 0.769. The summed E-state index contributed by atoms with van der Waals surface area (Å²) < 4.78 is 0. The number of allylic oxidation sites excluding steroid dienone is 2. The van der Waals surface area contributed by atoms with E-state index in [0.29, 0.717) is 0 Å². The zero-order valence-corrected chi connectivity index (χ0v) is 10.7. The van der Waals surface area contributed by atoms with E-state index in [2.05, 4.69) is 26.8 Å². The molecule has 0 aliphatic heterocycles. The summed E-state index contributed by atoms with van der Waals surface area (Å²) in [4.78, 5) is 13.3. The fourth-order valence-electron chi connectivity index (χ4n) is 1.47. The van der Waals surface area contributed by atoms with Crippen LogP contribution in [0, 0.1) is 0 Å². The average Bonchev–Trinajstić information content (AvgIpc) is 2.22. The standard InChI is InChI=1S/C13H25NO/c1-5-7-10-14(13(4)15)11-8-9-12(3)6-2/h6H,5,7-11H2,1-4H3/b12-6+. The van der Waals surface area contributed by atoms with E-state index in [0.717, 1.165) is 38.8 Å². The van der Waals surface area contributed by atoms with Crippen LogP contribution in [0.15, 0.2) is 11.6 Å². The topological polar surface area (TPSA) is 20.3 Å². The first-order valence-electron chi connectivity index (χ1n) is 5.99.